The van der Waals surface area contributed by atoms with E-state index < -0.39 is 0 Å². The molecule has 5 heteroatoms. The first kappa shape index (κ1) is 12.5. The number of aromatic nitrogens is 1. The maximum Gasteiger partial charge on any atom is 0.220 e. The summed E-state index contributed by atoms with van der Waals surface area (Å²) in [5.41, 5.74) is 0. The SMILES string of the molecule is CC(CNC(=O)CC1CCNC1)c1nccs1. The molecule has 1 aromatic rings. The van der Waals surface area contributed by atoms with Crippen LogP contribution in [0.1, 0.15) is 30.7 Å². The second-order valence-electron chi connectivity index (χ2n) is 4.64. The van der Waals surface area contributed by atoms with Crippen LogP contribution in [0.4, 0.5) is 0 Å². The van der Waals surface area contributed by atoms with Crippen molar-refractivity contribution in [2.24, 2.45) is 5.92 Å². The van der Waals surface area contributed by atoms with Gasteiger partial charge in [-0.25, -0.2) is 4.98 Å². The normalized spacial score (nSPS) is 21.4. The third-order valence-electron chi connectivity index (χ3n) is 3.11. The van der Waals surface area contributed by atoms with Gasteiger partial charge in [-0.15, -0.1) is 11.3 Å². The van der Waals surface area contributed by atoms with Gasteiger partial charge in [-0.2, -0.15) is 0 Å². The highest BCUT2D eigenvalue weighted by molar-refractivity contribution is 7.09. The van der Waals surface area contributed by atoms with Crippen LogP contribution in [-0.4, -0.2) is 30.5 Å². The molecule has 2 rings (SSSR count). The molecule has 1 saturated heterocycles. The van der Waals surface area contributed by atoms with Gasteiger partial charge < -0.3 is 10.6 Å². The molecule has 17 heavy (non-hydrogen) atoms. The van der Waals surface area contributed by atoms with E-state index >= 15 is 0 Å². The second kappa shape index (κ2) is 6.12. The minimum Gasteiger partial charge on any atom is -0.355 e. The molecule has 0 saturated carbocycles. The molecular formula is C12H19N3OS. The van der Waals surface area contributed by atoms with Crippen LogP contribution in [0.25, 0.3) is 0 Å². The summed E-state index contributed by atoms with van der Waals surface area (Å²) in [5.74, 6) is 0.993. The molecule has 94 valence electrons. The minimum atomic E-state index is 0.169. The lowest BCUT2D eigenvalue weighted by molar-refractivity contribution is -0.121. The molecule has 0 spiro atoms. The maximum absolute atomic E-state index is 11.7. The fraction of sp³-hybridized carbons (Fsp3) is 0.667. The summed E-state index contributed by atoms with van der Waals surface area (Å²) in [5, 5.41) is 9.33. The van der Waals surface area contributed by atoms with Crippen LogP contribution < -0.4 is 10.6 Å². The fourth-order valence-corrected chi connectivity index (χ4v) is 2.75. The van der Waals surface area contributed by atoms with E-state index in [1.807, 2.05) is 11.6 Å². The highest BCUT2D eigenvalue weighted by atomic mass is 32.1. The van der Waals surface area contributed by atoms with Gasteiger partial charge in [-0.05, 0) is 25.4 Å². The smallest absolute Gasteiger partial charge is 0.220 e. The lowest BCUT2D eigenvalue weighted by Crippen LogP contribution is -2.29. The standard InChI is InChI=1S/C12H19N3OS/c1-9(12-14-4-5-17-12)7-15-11(16)6-10-2-3-13-8-10/h4-5,9-10,13H,2-3,6-8H2,1H3,(H,15,16). The number of amides is 1. The molecule has 2 atom stereocenters. The van der Waals surface area contributed by atoms with Crippen molar-refractivity contribution in [3.63, 3.8) is 0 Å². The summed E-state index contributed by atoms with van der Waals surface area (Å²) in [4.78, 5) is 16.0. The van der Waals surface area contributed by atoms with Crippen molar-refractivity contribution in [2.45, 2.75) is 25.7 Å². The Labute approximate surface area is 106 Å². The van der Waals surface area contributed by atoms with Crippen LogP contribution in [0.15, 0.2) is 11.6 Å². The zero-order valence-electron chi connectivity index (χ0n) is 10.1. The van der Waals surface area contributed by atoms with Gasteiger partial charge in [0.05, 0.1) is 5.01 Å². The predicted molar refractivity (Wildman–Crippen MR) is 69.1 cm³/mol. The van der Waals surface area contributed by atoms with Crippen molar-refractivity contribution in [3.05, 3.63) is 16.6 Å². The van der Waals surface area contributed by atoms with E-state index in [2.05, 4.69) is 22.5 Å². The van der Waals surface area contributed by atoms with Crippen molar-refractivity contribution in [2.75, 3.05) is 19.6 Å². The monoisotopic (exact) mass is 253 g/mol. The number of hydrogen-bond acceptors (Lipinski definition) is 4. The van der Waals surface area contributed by atoms with Gasteiger partial charge in [0, 0.05) is 30.5 Å². The third-order valence-corrected chi connectivity index (χ3v) is 4.12. The van der Waals surface area contributed by atoms with E-state index in [0.717, 1.165) is 24.5 Å². The van der Waals surface area contributed by atoms with Crippen molar-refractivity contribution in [1.82, 2.24) is 15.6 Å². The van der Waals surface area contributed by atoms with Crippen LogP contribution in [0.3, 0.4) is 0 Å². The Bertz CT molecular complexity index is 347. The highest BCUT2D eigenvalue weighted by Gasteiger charge is 2.18. The minimum absolute atomic E-state index is 0.169. The van der Waals surface area contributed by atoms with Gasteiger partial charge in [0.1, 0.15) is 0 Å². The fourth-order valence-electron chi connectivity index (χ4n) is 2.06. The number of nitrogens with one attached hydrogen (secondary N) is 2. The molecule has 1 aromatic heterocycles. The number of hydrogen-bond donors (Lipinski definition) is 2. The molecule has 1 amide bonds. The Balaban J connectivity index is 1.68. The van der Waals surface area contributed by atoms with E-state index in [1.54, 1.807) is 11.3 Å². The number of thiazole rings is 1. The number of rotatable bonds is 5. The highest BCUT2D eigenvalue weighted by Crippen LogP contribution is 2.17. The van der Waals surface area contributed by atoms with E-state index in [0.29, 0.717) is 24.8 Å². The van der Waals surface area contributed by atoms with Gasteiger partial charge in [0.2, 0.25) is 5.91 Å². The Morgan fingerprint density at radius 1 is 1.76 bits per heavy atom. The number of carbonyl (C=O) groups is 1. The van der Waals surface area contributed by atoms with Crippen LogP contribution in [0.5, 0.6) is 0 Å². The predicted octanol–water partition coefficient (Wildman–Crippen LogP) is 1.36. The molecule has 2 heterocycles. The molecule has 2 unspecified atom stereocenters. The van der Waals surface area contributed by atoms with Gasteiger partial charge in [-0.3, -0.25) is 4.79 Å². The molecule has 4 nitrogen and oxygen atoms in total. The Morgan fingerprint density at radius 3 is 3.29 bits per heavy atom. The zero-order chi connectivity index (χ0) is 12.1. The summed E-state index contributed by atoms with van der Waals surface area (Å²) in [6, 6.07) is 0. The van der Waals surface area contributed by atoms with Gasteiger partial charge in [0.15, 0.2) is 0 Å². The van der Waals surface area contributed by atoms with E-state index in [1.165, 1.54) is 0 Å². The van der Waals surface area contributed by atoms with Crippen molar-refractivity contribution >= 4 is 17.2 Å². The third kappa shape index (κ3) is 3.78. The quantitative estimate of drug-likeness (QED) is 0.833. The summed E-state index contributed by atoms with van der Waals surface area (Å²) in [6.45, 7) is 4.81. The van der Waals surface area contributed by atoms with Crippen LogP contribution >= 0.6 is 11.3 Å². The summed E-state index contributed by atoms with van der Waals surface area (Å²) < 4.78 is 0. The second-order valence-corrected chi connectivity index (χ2v) is 5.56. The molecule has 1 aliphatic rings. The topological polar surface area (TPSA) is 54.0 Å². The van der Waals surface area contributed by atoms with E-state index in [4.69, 9.17) is 0 Å². The summed E-state index contributed by atoms with van der Waals surface area (Å²) >= 11 is 1.64. The maximum atomic E-state index is 11.7. The van der Waals surface area contributed by atoms with Crippen LogP contribution in [-0.2, 0) is 4.79 Å². The molecule has 0 radical (unpaired) electrons. The van der Waals surface area contributed by atoms with E-state index in [-0.39, 0.29) is 5.91 Å². The lowest BCUT2D eigenvalue weighted by atomic mass is 10.0. The summed E-state index contributed by atoms with van der Waals surface area (Å²) in [6.07, 6.45) is 3.58. The lowest BCUT2D eigenvalue weighted by Gasteiger charge is -2.12. The van der Waals surface area contributed by atoms with Gasteiger partial charge >= 0.3 is 0 Å². The van der Waals surface area contributed by atoms with Crippen LogP contribution in [0.2, 0.25) is 0 Å². The molecule has 1 aliphatic heterocycles. The summed E-state index contributed by atoms with van der Waals surface area (Å²) in [7, 11) is 0. The number of nitrogens with zero attached hydrogens (tertiary/aromatic N) is 1. The first-order chi connectivity index (χ1) is 8.25. The largest absolute Gasteiger partial charge is 0.355 e. The number of carbonyl (C=O) groups excluding carboxylic acids is 1. The van der Waals surface area contributed by atoms with Crippen LogP contribution in [0, 0.1) is 5.92 Å². The average molecular weight is 253 g/mol. The first-order valence-electron chi connectivity index (χ1n) is 6.12. The van der Waals surface area contributed by atoms with Gasteiger partial charge in [-0.1, -0.05) is 6.92 Å². The van der Waals surface area contributed by atoms with Crippen molar-refractivity contribution < 1.29 is 4.79 Å². The van der Waals surface area contributed by atoms with Gasteiger partial charge in [0.25, 0.3) is 0 Å². The Hall–Kier alpha value is -0.940. The van der Waals surface area contributed by atoms with Crippen molar-refractivity contribution in [3.8, 4) is 0 Å². The molecule has 1 fully saturated rings. The average Bonchev–Trinajstić information content (AvgIpc) is 2.97. The Morgan fingerprint density at radius 2 is 2.65 bits per heavy atom. The van der Waals surface area contributed by atoms with E-state index in [9.17, 15) is 4.79 Å². The first-order valence-corrected chi connectivity index (χ1v) is 7.00. The molecule has 2 N–H and O–H groups in total. The van der Waals surface area contributed by atoms with Crippen molar-refractivity contribution in [1.29, 1.82) is 0 Å². The molecular weight excluding hydrogens is 234 g/mol. The molecule has 0 aromatic carbocycles. The zero-order valence-corrected chi connectivity index (χ0v) is 10.9. The Kier molecular flexibility index (Phi) is 4.50. The molecule has 0 aliphatic carbocycles. The molecule has 0 bridgehead atoms.